The fraction of sp³-hybridized carbons (Fsp3) is 0.333. The van der Waals surface area contributed by atoms with Crippen LogP contribution in [0.2, 0.25) is 5.02 Å². The summed E-state index contributed by atoms with van der Waals surface area (Å²) in [5.41, 5.74) is 3.86. The van der Waals surface area contributed by atoms with E-state index in [1.165, 1.54) is 16.7 Å². The highest BCUT2D eigenvalue weighted by molar-refractivity contribution is 7.07. The SMILES string of the molecule is CCNC(Cc1ccsc1)c1cccc(Cl)c1C. The Morgan fingerprint density at radius 1 is 1.33 bits per heavy atom. The van der Waals surface area contributed by atoms with Gasteiger partial charge in [-0.1, -0.05) is 30.7 Å². The number of hydrogen-bond donors (Lipinski definition) is 1. The molecule has 1 aromatic heterocycles. The molecule has 0 spiro atoms. The van der Waals surface area contributed by atoms with Gasteiger partial charge in [-0.05, 0) is 59.5 Å². The van der Waals surface area contributed by atoms with Crippen LogP contribution in [0.5, 0.6) is 0 Å². The molecule has 0 saturated heterocycles. The molecule has 1 nitrogen and oxygen atoms in total. The highest BCUT2D eigenvalue weighted by Gasteiger charge is 2.14. The second-order valence-corrected chi connectivity index (χ2v) is 5.59. The summed E-state index contributed by atoms with van der Waals surface area (Å²) in [7, 11) is 0. The highest BCUT2D eigenvalue weighted by atomic mass is 35.5. The molecule has 0 bridgehead atoms. The molecular formula is C15H18ClNS. The molecule has 0 amide bonds. The van der Waals surface area contributed by atoms with Crippen molar-refractivity contribution < 1.29 is 0 Å². The van der Waals surface area contributed by atoms with Crippen molar-refractivity contribution in [2.45, 2.75) is 26.3 Å². The number of halogens is 1. The van der Waals surface area contributed by atoms with Crippen LogP contribution in [0, 0.1) is 6.92 Å². The maximum atomic E-state index is 6.21. The average Bonchev–Trinajstić information content (AvgIpc) is 2.85. The lowest BCUT2D eigenvalue weighted by atomic mass is 9.96. The zero-order chi connectivity index (χ0) is 13.0. The van der Waals surface area contributed by atoms with Gasteiger partial charge < -0.3 is 5.32 Å². The summed E-state index contributed by atoms with van der Waals surface area (Å²) >= 11 is 7.96. The Kier molecular flexibility index (Phi) is 4.81. The molecule has 3 heteroatoms. The fourth-order valence-corrected chi connectivity index (χ4v) is 3.05. The largest absolute Gasteiger partial charge is 0.310 e. The van der Waals surface area contributed by atoms with E-state index in [0.29, 0.717) is 6.04 Å². The van der Waals surface area contributed by atoms with Gasteiger partial charge in [0.25, 0.3) is 0 Å². The molecule has 0 aliphatic heterocycles. The van der Waals surface area contributed by atoms with Crippen LogP contribution in [0.15, 0.2) is 35.0 Å². The summed E-state index contributed by atoms with van der Waals surface area (Å²) in [5.74, 6) is 0. The average molecular weight is 280 g/mol. The molecule has 18 heavy (non-hydrogen) atoms. The molecule has 0 radical (unpaired) electrons. The standard InChI is InChI=1S/C15H18ClNS/c1-3-17-15(9-12-7-8-18-10-12)13-5-4-6-14(16)11(13)2/h4-8,10,15,17H,3,9H2,1-2H3. The summed E-state index contributed by atoms with van der Waals surface area (Å²) in [6, 6.07) is 8.68. The Hall–Kier alpha value is -0.830. The van der Waals surface area contributed by atoms with Crippen molar-refractivity contribution in [1.82, 2.24) is 5.32 Å². The molecule has 0 aliphatic rings. The normalized spacial score (nSPS) is 12.6. The van der Waals surface area contributed by atoms with Crippen LogP contribution in [0.4, 0.5) is 0 Å². The van der Waals surface area contributed by atoms with Crippen molar-refractivity contribution >= 4 is 22.9 Å². The lowest BCUT2D eigenvalue weighted by molar-refractivity contribution is 0.548. The molecule has 0 saturated carbocycles. The third kappa shape index (κ3) is 3.14. The Bertz CT molecular complexity index is 493. The van der Waals surface area contributed by atoms with Crippen LogP contribution in [-0.2, 0) is 6.42 Å². The van der Waals surface area contributed by atoms with E-state index in [1.807, 2.05) is 12.1 Å². The first-order valence-electron chi connectivity index (χ1n) is 6.21. The topological polar surface area (TPSA) is 12.0 Å². The van der Waals surface area contributed by atoms with Crippen LogP contribution in [0.25, 0.3) is 0 Å². The number of likely N-dealkylation sites (N-methyl/N-ethyl adjacent to an activating group) is 1. The van der Waals surface area contributed by atoms with Crippen LogP contribution >= 0.6 is 22.9 Å². The minimum atomic E-state index is 0.336. The number of thiophene rings is 1. The van der Waals surface area contributed by atoms with Gasteiger partial charge in [-0.3, -0.25) is 0 Å². The first-order valence-corrected chi connectivity index (χ1v) is 7.54. The Morgan fingerprint density at radius 2 is 2.17 bits per heavy atom. The van der Waals surface area contributed by atoms with Gasteiger partial charge in [-0.2, -0.15) is 11.3 Å². The molecule has 1 N–H and O–H groups in total. The second kappa shape index (κ2) is 6.37. The molecule has 96 valence electrons. The molecule has 1 unspecified atom stereocenters. The van der Waals surface area contributed by atoms with Crippen molar-refractivity contribution in [3.8, 4) is 0 Å². The predicted octanol–water partition coefficient (Wildman–Crippen LogP) is 4.60. The van der Waals surface area contributed by atoms with Crippen molar-refractivity contribution in [2.24, 2.45) is 0 Å². The zero-order valence-corrected chi connectivity index (χ0v) is 12.3. The minimum Gasteiger partial charge on any atom is -0.310 e. The summed E-state index contributed by atoms with van der Waals surface area (Å²) in [6.45, 7) is 5.19. The van der Waals surface area contributed by atoms with E-state index in [2.05, 4.69) is 42.1 Å². The quantitative estimate of drug-likeness (QED) is 0.843. The molecule has 2 aromatic rings. The second-order valence-electron chi connectivity index (χ2n) is 4.40. The van der Waals surface area contributed by atoms with Gasteiger partial charge in [0.2, 0.25) is 0 Å². The van der Waals surface area contributed by atoms with E-state index in [4.69, 9.17) is 11.6 Å². The minimum absolute atomic E-state index is 0.336. The van der Waals surface area contributed by atoms with Gasteiger partial charge >= 0.3 is 0 Å². The monoisotopic (exact) mass is 279 g/mol. The van der Waals surface area contributed by atoms with Gasteiger partial charge in [-0.15, -0.1) is 0 Å². The van der Waals surface area contributed by atoms with E-state index in [9.17, 15) is 0 Å². The third-order valence-electron chi connectivity index (χ3n) is 3.16. The van der Waals surface area contributed by atoms with Gasteiger partial charge in [-0.25, -0.2) is 0 Å². The van der Waals surface area contributed by atoms with Crippen LogP contribution in [-0.4, -0.2) is 6.54 Å². The first kappa shape index (κ1) is 13.6. The molecule has 0 fully saturated rings. The highest BCUT2D eigenvalue weighted by Crippen LogP contribution is 2.27. The molecular weight excluding hydrogens is 262 g/mol. The van der Waals surface area contributed by atoms with Crippen molar-refractivity contribution in [3.63, 3.8) is 0 Å². The van der Waals surface area contributed by atoms with Crippen molar-refractivity contribution in [3.05, 3.63) is 56.7 Å². The molecule has 1 atom stereocenters. The van der Waals surface area contributed by atoms with Gasteiger partial charge in [0.15, 0.2) is 0 Å². The summed E-state index contributed by atoms with van der Waals surface area (Å²) in [5, 5.41) is 8.74. The Balaban J connectivity index is 2.26. The molecule has 0 aliphatic carbocycles. The predicted molar refractivity (Wildman–Crippen MR) is 80.6 cm³/mol. The number of nitrogens with one attached hydrogen (secondary N) is 1. The summed E-state index contributed by atoms with van der Waals surface area (Å²) in [6.07, 6.45) is 1.01. The third-order valence-corrected chi connectivity index (χ3v) is 4.30. The van der Waals surface area contributed by atoms with Crippen LogP contribution < -0.4 is 5.32 Å². The van der Waals surface area contributed by atoms with Crippen LogP contribution in [0.1, 0.15) is 29.7 Å². The van der Waals surface area contributed by atoms with Crippen molar-refractivity contribution in [2.75, 3.05) is 6.54 Å². The summed E-state index contributed by atoms with van der Waals surface area (Å²) in [4.78, 5) is 0. The van der Waals surface area contributed by atoms with E-state index in [-0.39, 0.29) is 0 Å². The Labute approximate surface area is 118 Å². The fourth-order valence-electron chi connectivity index (χ4n) is 2.18. The zero-order valence-electron chi connectivity index (χ0n) is 10.7. The first-order chi connectivity index (χ1) is 8.72. The van der Waals surface area contributed by atoms with Crippen molar-refractivity contribution in [1.29, 1.82) is 0 Å². The lowest BCUT2D eigenvalue weighted by Gasteiger charge is -2.20. The summed E-state index contributed by atoms with van der Waals surface area (Å²) < 4.78 is 0. The van der Waals surface area contributed by atoms with E-state index < -0.39 is 0 Å². The number of rotatable bonds is 5. The van der Waals surface area contributed by atoms with Gasteiger partial charge in [0.05, 0.1) is 0 Å². The maximum Gasteiger partial charge on any atom is 0.0438 e. The lowest BCUT2D eigenvalue weighted by Crippen LogP contribution is -2.23. The Morgan fingerprint density at radius 3 is 2.83 bits per heavy atom. The number of benzene rings is 1. The van der Waals surface area contributed by atoms with Gasteiger partial charge in [0.1, 0.15) is 0 Å². The van der Waals surface area contributed by atoms with E-state index >= 15 is 0 Å². The van der Waals surface area contributed by atoms with E-state index in [1.54, 1.807) is 11.3 Å². The van der Waals surface area contributed by atoms with Gasteiger partial charge in [0, 0.05) is 11.1 Å². The van der Waals surface area contributed by atoms with Crippen LogP contribution in [0.3, 0.4) is 0 Å². The molecule has 1 aromatic carbocycles. The molecule has 1 heterocycles. The number of hydrogen-bond acceptors (Lipinski definition) is 2. The van der Waals surface area contributed by atoms with E-state index in [0.717, 1.165) is 18.0 Å². The molecule has 2 rings (SSSR count). The smallest absolute Gasteiger partial charge is 0.0438 e. The maximum absolute atomic E-state index is 6.21.